The maximum absolute atomic E-state index is 11.4. The molecule has 0 atom stereocenters. The molecule has 2 aromatic rings. The second-order valence-corrected chi connectivity index (χ2v) is 3.06. The summed E-state index contributed by atoms with van der Waals surface area (Å²) in [5.41, 5.74) is 6.61. The zero-order chi connectivity index (χ0) is 10.1. The number of H-pyrrole nitrogens is 1. The minimum Gasteiger partial charge on any atom is -0.508 e. The number of phenolic OH excluding ortho intramolecular Hbond substituents is 1. The van der Waals surface area contributed by atoms with Gasteiger partial charge in [-0.3, -0.25) is 4.79 Å². The van der Waals surface area contributed by atoms with Gasteiger partial charge in [-0.2, -0.15) is 0 Å². The van der Waals surface area contributed by atoms with E-state index in [4.69, 9.17) is 5.73 Å². The molecule has 0 bridgehead atoms. The first-order valence-electron chi connectivity index (χ1n) is 4.25. The van der Waals surface area contributed by atoms with E-state index in [9.17, 15) is 9.90 Å². The maximum Gasteiger partial charge on any atom is 0.178 e. The van der Waals surface area contributed by atoms with Crippen LogP contribution in [0.15, 0.2) is 24.4 Å². The van der Waals surface area contributed by atoms with E-state index in [1.54, 1.807) is 24.4 Å². The first kappa shape index (κ1) is 8.77. The Labute approximate surface area is 80.3 Å². The molecule has 0 radical (unpaired) electrons. The summed E-state index contributed by atoms with van der Waals surface area (Å²) < 4.78 is 0. The summed E-state index contributed by atoms with van der Waals surface area (Å²) >= 11 is 0. The van der Waals surface area contributed by atoms with Gasteiger partial charge in [-0.05, 0) is 18.2 Å². The lowest BCUT2D eigenvalue weighted by molar-refractivity contribution is 0.100. The van der Waals surface area contributed by atoms with E-state index in [-0.39, 0.29) is 18.1 Å². The smallest absolute Gasteiger partial charge is 0.178 e. The van der Waals surface area contributed by atoms with Gasteiger partial charge in [0.1, 0.15) is 5.75 Å². The number of phenols is 1. The van der Waals surface area contributed by atoms with E-state index in [1.807, 2.05) is 0 Å². The van der Waals surface area contributed by atoms with Crippen molar-refractivity contribution in [2.24, 2.45) is 5.73 Å². The zero-order valence-electron chi connectivity index (χ0n) is 7.45. The van der Waals surface area contributed by atoms with E-state index in [1.165, 1.54) is 0 Å². The van der Waals surface area contributed by atoms with Gasteiger partial charge in [0.15, 0.2) is 5.78 Å². The van der Waals surface area contributed by atoms with Crippen LogP contribution in [0.5, 0.6) is 5.75 Å². The number of ketones is 1. The van der Waals surface area contributed by atoms with Gasteiger partial charge in [-0.15, -0.1) is 0 Å². The van der Waals surface area contributed by atoms with Gasteiger partial charge in [0.25, 0.3) is 0 Å². The minimum absolute atomic E-state index is 0.0252. The molecule has 1 aromatic heterocycles. The van der Waals surface area contributed by atoms with Gasteiger partial charge in [0, 0.05) is 22.7 Å². The van der Waals surface area contributed by atoms with E-state index >= 15 is 0 Å². The molecule has 0 fully saturated rings. The largest absolute Gasteiger partial charge is 0.508 e. The van der Waals surface area contributed by atoms with E-state index in [0.29, 0.717) is 10.9 Å². The van der Waals surface area contributed by atoms with Crippen molar-refractivity contribution in [2.45, 2.75) is 0 Å². The molecule has 1 aromatic carbocycles. The summed E-state index contributed by atoms with van der Waals surface area (Å²) in [7, 11) is 0. The standard InChI is InChI=1S/C10H10N2O2/c11-4-10(14)8-5-12-9-2-1-6(13)3-7(8)9/h1-3,5,12-13H,4,11H2. The van der Waals surface area contributed by atoms with Crippen LogP contribution >= 0.6 is 0 Å². The molecule has 0 unspecified atom stereocenters. The number of hydrogen-bond donors (Lipinski definition) is 3. The number of fused-ring (bicyclic) bond motifs is 1. The Morgan fingerprint density at radius 1 is 1.50 bits per heavy atom. The molecule has 0 aliphatic rings. The van der Waals surface area contributed by atoms with E-state index in [0.717, 1.165) is 5.52 Å². The Hall–Kier alpha value is -1.81. The summed E-state index contributed by atoms with van der Waals surface area (Å²) in [6, 6.07) is 4.84. The van der Waals surface area contributed by atoms with Crippen LogP contribution in [-0.4, -0.2) is 22.4 Å². The summed E-state index contributed by atoms with van der Waals surface area (Å²) in [5.74, 6) is 0.00465. The fraction of sp³-hybridized carbons (Fsp3) is 0.100. The SMILES string of the molecule is NCC(=O)c1c[nH]c2ccc(O)cc12. The van der Waals surface area contributed by atoms with Crippen molar-refractivity contribution in [2.75, 3.05) is 6.54 Å². The number of hydrogen-bond acceptors (Lipinski definition) is 3. The number of aromatic amines is 1. The fourth-order valence-corrected chi connectivity index (χ4v) is 1.45. The van der Waals surface area contributed by atoms with Crippen molar-refractivity contribution in [3.63, 3.8) is 0 Å². The molecule has 0 saturated heterocycles. The lowest BCUT2D eigenvalue weighted by Crippen LogP contribution is -2.12. The number of rotatable bonds is 2. The molecule has 1 heterocycles. The Morgan fingerprint density at radius 2 is 2.29 bits per heavy atom. The van der Waals surface area contributed by atoms with E-state index < -0.39 is 0 Å². The van der Waals surface area contributed by atoms with Crippen LogP contribution in [0.2, 0.25) is 0 Å². The highest BCUT2D eigenvalue weighted by Crippen LogP contribution is 2.22. The number of aromatic hydroxyl groups is 1. The average molecular weight is 190 g/mol. The molecule has 4 N–H and O–H groups in total. The van der Waals surface area contributed by atoms with Crippen LogP contribution in [0, 0.1) is 0 Å². The second-order valence-electron chi connectivity index (χ2n) is 3.06. The summed E-state index contributed by atoms with van der Waals surface area (Å²) in [6.45, 7) is -0.0252. The third kappa shape index (κ3) is 1.25. The molecule has 0 spiro atoms. The lowest BCUT2D eigenvalue weighted by Gasteiger charge is -1.96. The summed E-state index contributed by atoms with van der Waals surface area (Å²) in [4.78, 5) is 14.3. The number of benzene rings is 1. The molecule has 0 aliphatic carbocycles. The lowest BCUT2D eigenvalue weighted by atomic mass is 10.1. The topological polar surface area (TPSA) is 79.1 Å². The van der Waals surface area contributed by atoms with Crippen molar-refractivity contribution >= 4 is 16.7 Å². The summed E-state index contributed by atoms with van der Waals surface area (Å²) in [5, 5.41) is 9.98. The van der Waals surface area contributed by atoms with Crippen molar-refractivity contribution in [3.05, 3.63) is 30.0 Å². The van der Waals surface area contributed by atoms with Crippen molar-refractivity contribution in [3.8, 4) is 5.75 Å². The number of nitrogens with two attached hydrogens (primary N) is 1. The van der Waals surface area contributed by atoms with Crippen molar-refractivity contribution < 1.29 is 9.90 Å². The normalized spacial score (nSPS) is 10.6. The molecule has 0 aliphatic heterocycles. The minimum atomic E-state index is -0.137. The summed E-state index contributed by atoms with van der Waals surface area (Å²) in [6.07, 6.45) is 1.61. The van der Waals surface area contributed by atoms with Crippen LogP contribution in [0.1, 0.15) is 10.4 Å². The molecule has 4 heteroatoms. The Morgan fingerprint density at radius 3 is 3.00 bits per heavy atom. The third-order valence-electron chi connectivity index (χ3n) is 2.15. The van der Waals surface area contributed by atoms with Crippen LogP contribution in [0.4, 0.5) is 0 Å². The molecule has 14 heavy (non-hydrogen) atoms. The second kappa shape index (κ2) is 3.16. The third-order valence-corrected chi connectivity index (χ3v) is 2.15. The first-order valence-corrected chi connectivity index (χ1v) is 4.25. The highest BCUT2D eigenvalue weighted by molar-refractivity contribution is 6.08. The molecule has 0 amide bonds. The van der Waals surface area contributed by atoms with Gasteiger partial charge in [-0.1, -0.05) is 0 Å². The Bertz CT molecular complexity index is 488. The van der Waals surface area contributed by atoms with Gasteiger partial charge < -0.3 is 15.8 Å². The highest BCUT2D eigenvalue weighted by Gasteiger charge is 2.10. The van der Waals surface area contributed by atoms with Gasteiger partial charge in [0.05, 0.1) is 6.54 Å². The predicted octanol–water partition coefficient (Wildman–Crippen LogP) is 1.01. The fourth-order valence-electron chi connectivity index (χ4n) is 1.45. The average Bonchev–Trinajstić information content (AvgIpc) is 2.59. The Balaban J connectivity index is 2.67. The maximum atomic E-state index is 11.4. The van der Waals surface area contributed by atoms with Crippen LogP contribution < -0.4 is 5.73 Å². The Kier molecular flexibility index (Phi) is 1.98. The molecule has 0 saturated carbocycles. The first-order chi connectivity index (χ1) is 6.72. The molecule has 2 rings (SSSR count). The van der Waals surface area contributed by atoms with Gasteiger partial charge in [-0.25, -0.2) is 0 Å². The number of carbonyl (C=O) groups is 1. The van der Waals surface area contributed by atoms with Crippen molar-refractivity contribution in [1.29, 1.82) is 0 Å². The molecule has 72 valence electrons. The van der Waals surface area contributed by atoms with Gasteiger partial charge in [0.2, 0.25) is 0 Å². The number of Topliss-reactive ketones (excluding diaryl/α,β-unsaturated/α-hetero) is 1. The molecular weight excluding hydrogens is 180 g/mol. The number of aromatic nitrogens is 1. The van der Waals surface area contributed by atoms with Crippen LogP contribution in [-0.2, 0) is 0 Å². The van der Waals surface area contributed by atoms with Crippen molar-refractivity contribution in [1.82, 2.24) is 4.98 Å². The predicted molar refractivity (Wildman–Crippen MR) is 53.3 cm³/mol. The van der Waals surface area contributed by atoms with Crippen LogP contribution in [0.3, 0.4) is 0 Å². The zero-order valence-corrected chi connectivity index (χ0v) is 7.45. The van der Waals surface area contributed by atoms with Gasteiger partial charge >= 0.3 is 0 Å². The quantitative estimate of drug-likeness (QED) is 0.618. The van der Waals surface area contributed by atoms with E-state index in [2.05, 4.69) is 4.98 Å². The highest BCUT2D eigenvalue weighted by atomic mass is 16.3. The number of nitrogens with one attached hydrogen (secondary N) is 1. The molecular formula is C10H10N2O2. The molecule has 4 nitrogen and oxygen atoms in total. The van der Waals surface area contributed by atoms with Crippen LogP contribution in [0.25, 0.3) is 10.9 Å². The monoisotopic (exact) mass is 190 g/mol. The number of carbonyl (C=O) groups excluding carboxylic acids is 1.